The molecule has 4 heteroatoms. The Labute approximate surface area is 127 Å². The van der Waals surface area contributed by atoms with E-state index in [1.165, 1.54) is 5.56 Å². The van der Waals surface area contributed by atoms with Crippen molar-refractivity contribution >= 4 is 21.6 Å². The van der Waals surface area contributed by atoms with Gasteiger partial charge >= 0.3 is 0 Å². The second kappa shape index (κ2) is 7.92. The Hall–Kier alpha value is -1.52. The van der Waals surface area contributed by atoms with Gasteiger partial charge in [-0.1, -0.05) is 28.1 Å². The van der Waals surface area contributed by atoms with Gasteiger partial charge in [0.25, 0.3) is 0 Å². The second-order valence-corrected chi connectivity index (χ2v) is 5.37. The zero-order valence-corrected chi connectivity index (χ0v) is 12.8. The van der Waals surface area contributed by atoms with Gasteiger partial charge in [-0.3, -0.25) is 0 Å². The molecule has 2 aromatic rings. The van der Waals surface area contributed by atoms with E-state index in [0.29, 0.717) is 19.8 Å². The first kappa shape index (κ1) is 14.9. The number of ether oxygens (including phenoxy) is 2. The molecule has 0 aliphatic heterocycles. The Morgan fingerprint density at radius 3 is 2.55 bits per heavy atom. The molecule has 0 aliphatic carbocycles. The van der Waals surface area contributed by atoms with Crippen LogP contribution >= 0.6 is 15.9 Å². The highest BCUT2D eigenvalue weighted by atomic mass is 79.9. The van der Waals surface area contributed by atoms with Crippen molar-refractivity contribution in [2.24, 2.45) is 0 Å². The first-order valence-electron chi connectivity index (χ1n) is 6.54. The van der Waals surface area contributed by atoms with Gasteiger partial charge in [0, 0.05) is 16.6 Å². The maximum Gasteiger partial charge on any atom is 0.119 e. The van der Waals surface area contributed by atoms with Crippen LogP contribution in [0.1, 0.15) is 12.0 Å². The first-order chi connectivity index (χ1) is 9.74. The van der Waals surface area contributed by atoms with Crippen molar-refractivity contribution in [3.8, 4) is 5.75 Å². The van der Waals surface area contributed by atoms with Gasteiger partial charge in [-0.2, -0.15) is 0 Å². The van der Waals surface area contributed by atoms with Crippen molar-refractivity contribution in [1.82, 2.24) is 0 Å². The lowest BCUT2D eigenvalue weighted by atomic mass is 10.2. The lowest BCUT2D eigenvalue weighted by Gasteiger charge is -2.07. The number of halogens is 1. The third-order valence-corrected chi connectivity index (χ3v) is 3.23. The maximum absolute atomic E-state index is 5.61. The van der Waals surface area contributed by atoms with Gasteiger partial charge in [0.15, 0.2) is 0 Å². The molecule has 0 aliphatic rings. The molecule has 0 radical (unpaired) electrons. The van der Waals surface area contributed by atoms with Gasteiger partial charge in [-0.25, -0.2) is 0 Å². The summed E-state index contributed by atoms with van der Waals surface area (Å²) in [4.78, 5) is 0. The lowest BCUT2D eigenvalue weighted by Crippen LogP contribution is -2.03. The molecule has 106 valence electrons. The van der Waals surface area contributed by atoms with Gasteiger partial charge in [-0.15, -0.1) is 0 Å². The van der Waals surface area contributed by atoms with E-state index in [2.05, 4.69) is 28.1 Å². The molecule has 0 heterocycles. The quantitative estimate of drug-likeness (QED) is 0.614. The highest BCUT2D eigenvalue weighted by molar-refractivity contribution is 9.10. The Balaban J connectivity index is 1.59. The molecule has 3 nitrogen and oxygen atoms in total. The number of anilines is 1. The third kappa shape index (κ3) is 5.23. The summed E-state index contributed by atoms with van der Waals surface area (Å²) in [6.07, 6.45) is 0.860. The van der Waals surface area contributed by atoms with Gasteiger partial charge in [0.05, 0.1) is 19.8 Å². The van der Waals surface area contributed by atoms with E-state index in [1.54, 1.807) is 0 Å². The van der Waals surface area contributed by atoms with Crippen LogP contribution in [0.2, 0.25) is 0 Å². The molecule has 0 unspecified atom stereocenters. The summed E-state index contributed by atoms with van der Waals surface area (Å²) in [5, 5.41) is 0. The Morgan fingerprint density at radius 1 is 1.00 bits per heavy atom. The van der Waals surface area contributed by atoms with Crippen molar-refractivity contribution in [1.29, 1.82) is 0 Å². The molecule has 0 spiro atoms. The minimum atomic E-state index is 0.626. The van der Waals surface area contributed by atoms with Crippen LogP contribution < -0.4 is 10.5 Å². The standard InChI is InChI=1S/C16H18BrNO2/c17-14-4-1-3-13(11-14)12-19-9-2-10-20-16-7-5-15(18)6-8-16/h1,3-8,11H,2,9-10,12,18H2. The molecular weight excluding hydrogens is 318 g/mol. The molecule has 0 fully saturated rings. The first-order valence-corrected chi connectivity index (χ1v) is 7.34. The zero-order valence-electron chi connectivity index (χ0n) is 11.2. The van der Waals surface area contributed by atoms with E-state index in [4.69, 9.17) is 15.2 Å². The van der Waals surface area contributed by atoms with Crippen molar-refractivity contribution in [3.05, 3.63) is 58.6 Å². The zero-order chi connectivity index (χ0) is 14.2. The van der Waals surface area contributed by atoms with Gasteiger partial charge in [0.1, 0.15) is 5.75 Å². The number of rotatable bonds is 7. The number of hydrogen-bond acceptors (Lipinski definition) is 3. The van der Waals surface area contributed by atoms with E-state index < -0.39 is 0 Å². The largest absolute Gasteiger partial charge is 0.494 e. The van der Waals surface area contributed by atoms with Crippen LogP contribution in [0.25, 0.3) is 0 Å². The summed E-state index contributed by atoms with van der Waals surface area (Å²) >= 11 is 3.44. The fourth-order valence-corrected chi connectivity index (χ4v) is 2.18. The Bertz CT molecular complexity index is 528. The van der Waals surface area contributed by atoms with Gasteiger partial charge in [0.2, 0.25) is 0 Å². The summed E-state index contributed by atoms with van der Waals surface area (Å²) in [5.74, 6) is 0.839. The van der Waals surface area contributed by atoms with Crippen LogP contribution in [0.5, 0.6) is 5.75 Å². The van der Waals surface area contributed by atoms with Crippen molar-refractivity contribution in [3.63, 3.8) is 0 Å². The number of benzene rings is 2. The van der Waals surface area contributed by atoms with Crippen molar-refractivity contribution in [2.45, 2.75) is 13.0 Å². The maximum atomic E-state index is 5.61. The molecule has 0 aromatic heterocycles. The topological polar surface area (TPSA) is 44.5 Å². The highest BCUT2D eigenvalue weighted by Crippen LogP contribution is 2.14. The van der Waals surface area contributed by atoms with Crippen LogP contribution in [-0.4, -0.2) is 13.2 Å². The average molecular weight is 336 g/mol. The summed E-state index contributed by atoms with van der Waals surface area (Å²) in [5.41, 5.74) is 7.52. The van der Waals surface area contributed by atoms with Crippen LogP contribution in [0.4, 0.5) is 5.69 Å². The van der Waals surface area contributed by atoms with Crippen LogP contribution in [0.3, 0.4) is 0 Å². The molecule has 2 N–H and O–H groups in total. The molecular formula is C16H18BrNO2. The normalized spacial score (nSPS) is 10.4. The van der Waals surface area contributed by atoms with E-state index in [1.807, 2.05) is 36.4 Å². The number of nitrogens with two attached hydrogens (primary N) is 1. The third-order valence-electron chi connectivity index (χ3n) is 2.74. The molecule has 2 rings (SSSR count). The highest BCUT2D eigenvalue weighted by Gasteiger charge is 1.96. The van der Waals surface area contributed by atoms with Crippen molar-refractivity contribution in [2.75, 3.05) is 18.9 Å². The molecule has 0 amide bonds. The summed E-state index contributed by atoms with van der Waals surface area (Å²) in [6, 6.07) is 15.5. The minimum absolute atomic E-state index is 0.626. The predicted octanol–water partition coefficient (Wildman–Crippen LogP) is 4.02. The average Bonchev–Trinajstić information content (AvgIpc) is 2.45. The second-order valence-electron chi connectivity index (χ2n) is 4.45. The summed E-state index contributed by atoms with van der Waals surface area (Å²) in [6.45, 7) is 1.95. The van der Waals surface area contributed by atoms with Crippen LogP contribution in [-0.2, 0) is 11.3 Å². The molecule has 0 saturated heterocycles. The van der Waals surface area contributed by atoms with Crippen LogP contribution in [0.15, 0.2) is 53.0 Å². The fourth-order valence-electron chi connectivity index (χ4n) is 1.73. The van der Waals surface area contributed by atoms with E-state index in [0.717, 1.165) is 22.3 Å². The molecule has 20 heavy (non-hydrogen) atoms. The van der Waals surface area contributed by atoms with Crippen LogP contribution in [0, 0.1) is 0 Å². The molecule has 2 aromatic carbocycles. The summed E-state index contributed by atoms with van der Waals surface area (Å²) in [7, 11) is 0. The van der Waals surface area contributed by atoms with E-state index in [-0.39, 0.29) is 0 Å². The monoisotopic (exact) mass is 335 g/mol. The van der Waals surface area contributed by atoms with Gasteiger partial charge < -0.3 is 15.2 Å². The smallest absolute Gasteiger partial charge is 0.119 e. The molecule has 0 bridgehead atoms. The SMILES string of the molecule is Nc1ccc(OCCCOCc2cccc(Br)c2)cc1. The fraction of sp³-hybridized carbons (Fsp3) is 0.250. The number of nitrogen functional groups attached to an aromatic ring is 1. The predicted molar refractivity (Wildman–Crippen MR) is 84.8 cm³/mol. The Kier molecular flexibility index (Phi) is 5.89. The Morgan fingerprint density at radius 2 is 1.80 bits per heavy atom. The van der Waals surface area contributed by atoms with Crippen molar-refractivity contribution < 1.29 is 9.47 Å². The van der Waals surface area contributed by atoms with Gasteiger partial charge in [-0.05, 0) is 42.0 Å². The minimum Gasteiger partial charge on any atom is -0.494 e. The lowest BCUT2D eigenvalue weighted by molar-refractivity contribution is 0.107. The molecule has 0 saturated carbocycles. The van der Waals surface area contributed by atoms with E-state index in [9.17, 15) is 0 Å². The number of hydrogen-bond donors (Lipinski definition) is 1. The van der Waals surface area contributed by atoms with E-state index >= 15 is 0 Å². The molecule has 0 atom stereocenters. The summed E-state index contributed by atoms with van der Waals surface area (Å²) < 4.78 is 12.3.